The Morgan fingerprint density at radius 2 is 1.89 bits per heavy atom. The van der Waals surface area contributed by atoms with Gasteiger partial charge in [-0.25, -0.2) is 4.98 Å². The Balaban J connectivity index is 1.72. The number of methoxy groups -OCH3 is 1. The van der Waals surface area contributed by atoms with Crippen LogP contribution in [0.1, 0.15) is 35.2 Å². The highest BCUT2D eigenvalue weighted by Gasteiger charge is 2.48. The molecule has 5 rings (SSSR count). The van der Waals surface area contributed by atoms with Gasteiger partial charge in [-0.15, -0.1) is 0 Å². The van der Waals surface area contributed by atoms with Gasteiger partial charge in [-0.2, -0.15) is 0 Å². The van der Waals surface area contributed by atoms with Crippen molar-refractivity contribution in [1.82, 2.24) is 4.98 Å². The van der Waals surface area contributed by atoms with E-state index in [2.05, 4.69) is 13.0 Å². The molecule has 0 radical (unpaired) electrons. The van der Waals surface area contributed by atoms with E-state index in [0.29, 0.717) is 16.4 Å². The number of hydrogen-bond acceptors (Lipinski definition) is 6. The largest absolute Gasteiger partial charge is 0.507 e. The lowest BCUT2D eigenvalue weighted by Gasteiger charge is -2.23. The molecular weight excluding hydrogens is 460 g/mol. The number of ketones is 1. The molecule has 1 atom stereocenters. The number of anilines is 1. The van der Waals surface area contributed by atoms with Gasteiger partial charge in [0.15, 0.2) is 5.13 Å². The number of aliphatic hydroxyl groups excluding tert-OH is 1. The van der Waals surface area contributed by atoms with Crippen molar-refractivity contribution < 1.29 is 19.4 Å². The third kappa shape index (κ3) is 3.98. The fourth-order valence-corrected chi connectivity index (χ4v) is 5.45. The first-order valence-corrected chi connectivity index (χ1v) is 12.1. The lowest BCUT2D eigenvalue weighted by Crippen LogP contribution is -2.29. The first kappa shape index (κ1) is 22.8. The Kier molecular flexibility index (Phi) is 5.86. The molecule has 1 fully saturated rings. The van der Waals surface area contributed by atoms with Crippen molar-refractivity contribution >= 4 is 44.1 Å². The minimum Gasteiger partial charge on any atom is -0.507 e. The van der Waals surface area contributed by atoms with Crippen LogP contribution in [0.25, 0.3) is 16.0 Å². The summed E-state index contributed by atoms with van der Waals surface area (Å²) in [5.41, 5.74) is 4.07. The number of aromatic nitrogens is 1. The molecule has 0 bridgehead atoms. The van der Waals surface area contributed by atoms with Crippen LogP contribution in [0.4, 0.5) is 5.13 Å². The smallest absolute Gasteiger partial charge is 0.301 e. The van der Waals surface area contributed by atoms with E-state index >= 15 is 0 Å². The van der Waals surface area contributed by atoms with Gasteiger partial charge in [0.2, 0.25) is 0 Å². The number of Topliss-reactive ketones (excluding diaryl/α,β-unsaturated/α-hetero) is 1. The standard InChI is InChI=1S/C28H24N2O4S/c1-4-17-11-12-21-22(14-17)35-28(29-21)30-24(18-8-5-7-16(2)13-18)23(26(32)27(30)33)25(31)19-9-6-10-20(15-19)34-3/h5-15,24,31H,4H2,1-3H3/b25-23+. The summed E-state index contributed by atoms with van der Waals surface area (Å²) in [6.45, 7) is 4.03. The molecule has 1 amide bonds. The van der Waals surface area contributed by atoms with E-state index in [9.17, 15) is 14.7 Å². The first-order valence-electron chi connectivity index (χ1n) is 11.3. The van der Waals surface area contributed by atoms with Crippen LogP contribution >= 0.6 is 11.3 Å². The normalized spacial score (nSPS) is 17.3. The van der Waals surface area contributed by atoms with Crippen LogP contribution in [0.5, 0.6) is 5.75 Å². The van der Waals surface area contributed by atoms with Crippen molar-refractivity contribution in [2.75, 3.05) is 12.0 Å². The van der Waals surface area contributed by atoms with E-state index < -0.39 is 17.7 Å². The lowest BCUT2D eigenvalue weighted by atomic mass is 9.94. The van der Waals surface area contributed by atoms with Crippen LogP contribution in [-0.2, 0) is 16.0 Å². The molecule has 6 nitrogen and oxygen atoms in total. The van der Waals surface area contributed by atoms with E-state index in [1.165, 1.54) is 28.9 Å². The Morgan fingerprint density at radius 3 is 2.63 bits per heavy atom. The summed E-state index contributed by atoms with van der Waals surface area (Å²) in [7, 11) is 1.53. The van der Waals surface area contributed by atoms with Crippen LogP contribution < -0.4 is 9.64 Å². The molecule has 1 aliphatic rings. The van der Waals surface area contributed by atoms with Crippen LogP contribution in [-0.4, -0.2) is 28.9 Å². The summed E-state index contributed by atoms with van der Waals surface area (Å²) in [6, 6.07) is 19.6. The molecule has 2 heterocycles. The molecule has 1 unspecified atom stereocenters. The van der Waals surface area contributed by atoms with E-state index in [-0.39, 0.29) is 11.3 Å². The maximum atomic E-state index is 13.4. The Labute approximate surface area is 207 Å². The lowest BCUT2D eigenvalue weighted by molar-refractivity contribution is -0.132. The number of thiazole rings is 1. The number of aryl methyl sites for hydroxylation is 2. The number of amides is 1. The zero-order chi connectivity index (χ0) is 24.7. The number of hydrogen-bond donors (Lipinski definition) is 1. The second-order valence-corrected chi connectivity index (χ2v) is 9.48. The quantitative estimate of drug-likeness (QED) is 0.220. The van der Waals surface area contributed by atoms with Crippen molar-refractivity contribution in [2.24, 2.45) is 0 Å². The predicted octanol–water partition coefficient (Wildman–Crippen LogP) is 5.80. The molecule has 7 heteroatoms. The number of rotatable bonds is 5. The zero-order valence-electron chi connectivity index (χ0n) is 19.6. The highest BCUT2D eigenvalue weighted by Crippen LogP contribution is 2.44. The average Bonchev–Trinajstić information content (AvgIpc) is 3.41. The topological polar surface area (TPSA) is 79.7 Å². The molecule has 35 heavy (non-hydrogen) atoms. The molecule has 1 saturated heterocycles. The summed E-state index contributed by atoms with van der Waals surface area (Å²) in [6.07, 6.45) is 0.886. The van der Waals surface area contributed by atoms with E-state index in [1.807, 2.05) is 43.3 Å². The Hall–Kier alpha value is -3.97. The van der Waals surface area contributed by atoms with E-state index in [0.717, 1.165) is 27.8 Å². The van der Waals surface area contributed by atoms with Gasteiger partial charge in [0.1, 0.15) is 11.5 Å². The Bertz CT molecular complexity index is 1500. The summed E-state index contributed by atoms with van der Waals surface area (Å²) in [5.74, 6) is -1.17. The maximum absolute atomic E-state index is 13.4. The molecule has 1 aromatic heterocycles. The third-order valence-corrected chi connectivity index (χ3v) is 7.22. The number of nitrogens with zero attached hydrogens (tertiary/aromatic N) is 2. The summed E-state index contributed by atoms with van der Waals surface area (Å²) < 4.78 is 6.22. The number of carbonyl (C=O) groups excluding carboxylic acids is 2. The maximum Gasteiger partial charge on any atom is 0.301 e. The zero-order valence-corrected chi connectivity index (χ0v) is 20.4. The number of aliphatic hydroxyl groups is 1. The first-order chi connectivity index (χ1) is 16.9. The van der Waals surface area contributed by atoms with Gasteiger partial charge in [0.25, 0.3) is 5.78 Å². The molecule has 1 aliphatic heterocycles. The summed E-state index contributed by atoms with van der Waals surface area (Å²) in [5, 5.41) is 11.7. The van der Waals surface area contributed by atoms with Crippen LogP contribution in [0.2, 0.25) is 0 Å². The van der Waals surface area contributed by atoms with Crippen LogP contribution in [0.3, 0.4) is 0 Å². The molecule has 176 valence electrons. The van der Waals surface area contributed by atoms with Gasteiger partial charge in [-0.1, -0.05) is 66.3 Å². The molecule has 0 aliphatic carbocycles. The summed E-state index contributed by atoms with van der Waals surface area (Å²) in [4.78, 5) is 32.9. The van der Waals surface area contributed by atoms with Gasteiger partial charge in [-0.3, -0.25) is 14.5 Å². The number of fused-ring (bicyclic) bond motifs is 1. The third-order valence-electron chi connectivity index (χ3n) is 6.20. The van der Waals surface area contributed by atoms with Crippen LogP contribution in [0, 0.1) is 6.92 Å². The van der Waals surface area contributed by atoms with E-state index in [4.69, 9.17) is 9.72 Å². The monoisotopic (exact) mass is 484 g/mol. The van der Waals surface area contributed by atoms with Crippen molar-refractivity contribution in [3.63, 3.8) is 0 Å². The van der Waals surface area contributed by atoms with Gasteiger partial charge in [0.05, 0.1) is 28.9 Å². The second-order valence-electron chi connectivity index (χ2n) is 8.47. The molecule has 1 N–H and O–H groups in total. The summed E-state index contributed by atoms with van der Waals surface area (Å²) >= 11 is 1.37. The van der Waals surface area contributed by atoms with Gasteiger partial charge in [0, 0.05) is 5.56 Å². The molecular formula is C28H24N2O4S. The van der Waals surface area contributed by atoms with Gasteiger partial charge in [-0.05, 0) is 48.7 Å². The fraction of sp³-hybridized carbons (Fsp3) is 0.179. The number of benzene rings is 3. The van der Waals surface area contributed by atoms with E-state index in [1.54, 1.807) is 24.3 Å². The highest BCUT2D eigenvalue weighted by atomic mass is 32.1. The van der Waals surface area contributed by atoms with Crippen molar-refractivity contribution in [3.05, 3.63) is 94.6 Å². The fourth-order valence-electron chi connectivity index (χ4n) is 4.39. The molecule has 0 saturated carbocycles. The van der Waals surface area contributed by atoms with Crippen LogP contribution in [0.15, 0.2) is 72.3 Å². The molecule has 4 aromatic rings. The number of ether oxygens (including phenoxy) is 1. The molecule has 3 aromatic carbocycles. The minimum atomic E-state index is -0.813. The molecule has 0 spiro atoms. The van der Waals surface area contributed by atoms with Crippen molar-refractivity contribution in [2.45, 2.75) is 26.3 Å². The highest BCUT2D eigenvalue weighted by molar-refractivity contribution is 7.22. The minimum absolute atomic E-state index is 0.0300. The van der Waals surface area contributed by atoms with Gasteiger partial charge >= 0.3 is 5.91 Å². The second kappa shape index (κ2) is 9.00. The average molecular weight is 485 g/mol. The van der Waals surface area contributed by atoms with Crippen molar-refractivity contribution in [1.29, 1.82) is 0 Å². The number of carbonyl (C=O) groups is 2. The predicted molar refractivity (Wildman–Crippen MR) is 138 cm³/mol. The van der Waals surface area contributed by atoms with Crippen molar-refractivity contribution in [3.8, 4) is 5.75 Å². The SMILES string of the molecule is CCc1ccc2nc(N3C(=O)C(=O)/C(=C(/O)c4cccc(OC)c4)C3c3cccc(C)c3)sc2c1. The van der Waals surface area contributed by atoms with Gasteiger partial charge < -0.3 is 9.84 Å². The Morgan fingerprint density at radius 1 is 1.09 bits per heavy atom.